The van der Waals surface area contributed by atoms with Gasteiger partial charge in [-0.2, -0.15) is 5.10 Å². The van der Waals surface area contributed by atoms with Gasteiger partial charge in [0.25, 0.3) is 0 Å². The zero-order valence-corrected chi connectivity index (χ0v) is 9.81. The van der Waals surface area contributed by atoms with Crippen LogP contribution in [0.2, 0.25) is 0 Å². The van der Waals surface area contributed by atoms with E-state index < -0.39 is 0 Å². The lowest BCUT2D eigenvalue weighted by atomic mass is 10.1. The van der Waals surface area contributed by atoms with Crippen molar-refractivity contribution in [2.45, 2.75) is 52.0 Å². The zero-order valence-electron chi connectivity index (χ0n) is 8.99. The Bertz CT molecular complexity index is 302. The average Bonchev–Trinajstić information content (AvgIpc) is 2.59. The predicted octanol–water partition coefficient (Wildman–Crippen LogP) is 3.47. The number of nitrogens with one attached hydrogen (secondary N) is 1. The molecule has 0 radical (unpaired) electrons. The molecule has 0 amide bonds. The fourth-order valence-electron chi connectivity index (χ4n) is 1.71. The molecule has 0 fully saturated rings. The van der Waals surface area contributed by atoms with Gasteiger partial charge in [-0.05, 0) is 25.1 Å². The molecule has 0 spiro atoms. The van der Waals surface area contributed by atoms with Crippen molar-refractivity contribution in [3.63, 3.8) is 0 Å². The molecule has 1 N–H and O–H groups in total. The van der Waals surface area contributed by atoms with Gasteiger partial charge in [-0.25, -0.2) is 0 Å². The van der Waals surface area contributed by atoms with Crippen LogP contribution in [0.4, 0.5) is 0 Å². The van der Waals surface area contributed by atoms with Gasteiger partial charge in [0.2, 0.25) is 0 Å². The second kappa shape index (κ2) is 5.96. The predicted molar refractivity (Wildman–Crippen MR) is 60.9 cm³/mol. The van der Waals surface area contributed by atoms with Gasteiger partial charge in [-0.1, -0.05) is 33.1 Å². The SMILES string of the molecule is CCCCC(CCC)n1cn[nH]c1=S. The van der Waals surface area contributed by atoms with Crippen LogP contribution in [0.3, 0.4) is 0 Å². The van der Waals surface area contributed by atoms with Gasteiger partial charge in [0.1, 0.15) is 6.33 Å². The lowest BCUT2D eigenvalue weighted by Crippen LogP contribution is -2.08. The van der Waals surface area contributed by atoms with Crippen LogP contribution in [0.15, 0.2) is 6.33 Å². The number of aromatic nitrogens is 3. The number of H-pyrrole nitrogens is 1. The smallest absolute Gasteiger partial charge is 0.195 e. The van der Waals surface area contributed by atoms with Crippen LogP contribution in [-0.4, -0.2) is 14.8 Å². The second-order valence-corrected chi connectivity index (χ2v) is 4.04. The summed E-state index contributed by atoms with van der Waals surface area (Å²) in [5.41, 5.74) is 0. The van der Waals surface area contributed by atoms with Crippen molar-refractivity contribution in [1.82, 2.24) is 14.8 Å². The maximum Gasteiger partial charge on any atom is 0.195 e. The summed E-state index contributed by atoms with van der Waals surface area (Å²) in [7, 11) is 0. The topological polar surface area (TPSA) is 33.6 Å². The zero-order chi connectivity index (χ0) is 10.4. The minimum absolute atomic E-state index is 0.534. The normalized spacial score (nSPS) is 13.0. The summed E-state index contributed by atoms with van der Waals surface area (Å²) in [5, 5.41) is 6.78. The molecule has 80 valence electrons. The molecule has 1 heterocycles. The van der Waals surface area contributed by atoms with E-state index in [1.54, 1.807) is 0 Å². The molecular weight excluding hydrogens is 194 g/mol. The molecule has 1 atom stereocenters. The molecule has 0 aromatic carbocycles. The third kappa shape index (κ3) is 2.94. The molecular formula is C10H19N3S. The number of nitrogens with zero attached hydrogens (tertiary/aromatic N) is 2. The summed E-state index contributed by atoms with van der Waals surface area (Å²) in [4.78, 5) is 0. The standard InChI is InChI=1S/C10H19N3S/c1-3-5-7-9(6-4-2)13-8-11-12-10(13)14/h8-9H,3-7H2,1-2H3,(H,12,14). The molecule has 0 aliphatic carbocycles. The first-order valence-corrected chi connectivity index (χ1v) is 5.81. The summed E-state index contributed by atoms with van der Waals surface area (Å²) in [5.74, 6) is 0. The molecule has 1 rings (SSSR count). The summed E-state index contributed by atoms with van der Waals surface area (Å²) >= 11 is 5.17. The van der Waals surface area contributed by atoms with Crippen LogP contribution in [0, 0.1) is 4.77 Å². The van der Waals surface area contributed by atoms with Crippen molar-refractivity contribution < 1.29 is 0 Å². The molecule has 14 heavy (non-hydrogen) atoms. The van der Waals surface area contributed by atoms with E-state index >= 15 is 0 Å². The van der Waals surface area contributed by atoms with E-state index in [9.17, 15) is 0 Å². The first-order valence-electron chi connectivity index (χ1n) is 5.41. The Kier molecular flexibility index (Phi) is 4.87. The molecule has 1 unspecified atom stereocenters. The number of aromatic amines is 1. The Morgan fingerprint density at radius 1 is 1.43 bits per heavy atom. The molecule has 0 aliphatic heterocycles. The van der Waals surface area contributed by atoms with Gasteiger partial charge in [-0.3, -0.25) is 5.10 Å². The lowest BCUT2D eigenvalue weighted by molar-refractivity contribution is 0.412. The summed E-state index contributed by atoms with van der Waals surface area (Å²) in [6.07, 6.45) is 7.91. The fraction of sp³-hybridized carbons (Fsp3) is 0.800. The van der Waals surface area contributed by atoms with Crippen LogP contribution in [0.5, 0.6) is 0 Å². The van der Waals surface area contributed by atoms with Gasteiger partial charge in [0, 0.05) is 6.04 Å². The highest BCUT2D eigenvalue weighted by Gasteiger charge is 2.09. The van der Waals surface area contributed by atoms with Crippen LogP contribution < -0.4 is 0 Å². The van der Waals surface area contributed by atoms with E-state index in [0.29, 0.717) is 6.04 Å². The van der Waals surface area contributed by atoms with E-state index in [4.69, 9.17) is 12.2 Å². The Morgan fingerprint density at radius 3 is 2.71 bits per heavy atom. The quantitative estimate of drug-likeness (QED) is 0.734. The number of hydrogen-bond donors (Lipinski definition) is 1. The van der Waals surface area contributed by atoms with E-state index in [1.165, 1.54) is 32.1 Å². The molecule has 1 aromatic heterocycles. The van der Waals surface area contributed by atoms with Gasteiger partial charge >= 0.3 is 0 Å². The van der Waals surface area contributed by atoms with E-state index in [1.807, 2.05) is 6.33 Å². The van der Waals surface area contributed by atoms with Crippen molar-refractivity contribution >= 4 is 12.2 Å². The van der Waals surface area contributed by atoms with Gasteiger partial charge in [-0.15, -0.1) is 0 Å². The first-order chi connectivity index (χ1) is 6.79. The highest BCUT2D eigenvalue weighted by Crippen LogP contribution is 2.20. The Labute approximate surface area is 90.5 Å². The minimum Gasteiger partial charge on any atom is -0.304 e. The van der Waals surface area contributed by atoms with Gasteiger partial charge in [0.05, 0.1) is 0 Å². The average molecular weight is 213 g/mol. The molecule has 0 saturated carbocycles. The van der Waals surface area contributed by atoms with Crippen molar-refractivity contribution in [1.29, 1.82) is 0 Å². The molecule has 0 saturated heterocycles. The van der Waals surface area contributed by atoms with Crippen LogP contribution >= 0.6 is 12.2 Å². The van der Waals surface area contributed by atoms with Crippen molar-refractivity contribution in [3.8, 4) is 0 Å². The van der Waals surface area contributed by atoms with Crippen LogP contribution in [0.1, 0.15) is 52.0 Å². The van der Waals surface area contributed by atoms with E-state index in [-0.39, 0.29) is 0 Å². The first kappa shape index (κ1) is 11.4. The Balaban J connectivity index is 2.67. The van der Waals surface area contributed by atoms with Gasteiger partial charge in [0.15, 0.2) is 4.77 Å². The van der Waals surface area contributed by atoms with E-state index in [2.05, 4.69) is 28.6 Å². The lowest BCUT2D eigenvalue weighted by Gasteiger charge is -2.16. The summed E-state index contributed by atoms with van der Waals surface area (Å²) < 4.78 is 2.84. The molecule has 3 nitrogen and oxygen atoms in total. The monoisotopic (exact) mass is 213 g/mol. The molecule has 4 heteroatoms. The minimum atomic E-state index is 0.534. The largest absolute Gasteiger partial charge is 0.304 e. The van der Waals surface area contributed by atoms with Gasteiger partial charge < -0.3 is 4.57 Å². The maximum absolute atomic E-state index is 5.17. The third-order valence-electron chi connectivity index (χ3n) is 2.48. The van der Waals surface area contributed by atoms with Crippen LogP contribution in [-0.2, 0) is 0 Å². The van der Waals surface area contributed by atoms with Crippen LogP contribution in [0.25, 0.3) is 0 Å². The summed E-state index contributed by atoms with van der Waals surface area (Å²) in [6.45, 7) is 4.43. The van der Waals surface area contributed by atoms with Crippen molar-refractivity contribution in [3.05, 3.63) is 11.1 Å². The Morgan fingerprint density at radius 2 is 2.21 bits per heavy atom. The fourth-order valence-corrected chi connectivity index (χ4v) is 1.96. The summed E-state index contributed by atoms with van der Waals surface area (Å²) in [6, 6.07) is 0.534. The number of rotatable bonds is 6. The molecule has 1 aromatic rings. The van der Waals surface area contributed by atoms with Crippen molar-refractivity contribution in [2.75, 3.05) is 0 Å². The second-order valence-electron chi connectivity index (χ2n) is 3.65. The third-order valence-corrected chi connectivity index (χ3v) is 2.79. The Hall–Kier alpha value is -0.640. The van der Waals surface area contributed by atoms with Crippen molar-refractivity contribution in [2.24, 2.45) is 0 Å². The molecule has 0 aliphatic rings. The number of unbranched alkanes of at least 4 members (excludes halogenated alkanes) is 1. The maximum atomic E-state index is 5.17. The highest BCUT2D eigenvalue weighted by atomic mass is 32.1. The highest BCUT2D eigenvalue weighted by molar-refractivity contribution is 7.71. The van der Waals surface area contributed by atoms with E-state index in [0.717, 1.165) is 4.77 Å². The molecule has 0 bridgehead atoms. The number of hydrogen-bond acceptors (Lipinski definition) is 2.